The lowest BCUT2D eigenvalue weighted by atomic mass is 10.1. The van der Waals surface area contributed by atoms with E-state index in [2.05, 4.69) is 38.8 Å². The van der Waals surface area contributed by atoms with Crippen LogP contribution in [0.5, 0.6) is 0 Å². The van der Waals surface area contributed by atoms with E-state index in [1.54, 1.807) is 0 Å². The van der Waals surface area contributed by atoms with E-state index >= 15 is 0 Å². The Balaban J connectivity index is 1.87. The predicted molar refractivity (Wildman–Crippen MR) is 77.2 cm³/mol. The van der Waals surface area contributed by atoms with Gasteiger partial charge >= 0.3 is 0 Å². The van der Waals surface area contributed by atoms with E-state index in [4.69, 9.17) is 4.74 Å². The smallest absolute Gasteiger partial charge is 0.101 e. The molecule has 4 nitrogen and oxygen atoms in total. The van der Waals surface area contributed by atoms with Crippen LogP contribution in [0.2, 0.25) is 0 Å². The summed E-state index contributed by atoms with van der Waals surface area (Å²) in [6.07, 6.45) is 0.258. The minimum atomic E-state index is 0.258. The number of benzene rings is 1. The quantitative estimate of drug-likeness (QED) is 0.791. The van der Waals surface area contributed by atoms with Crippen LogP contribution >= 0.6 is 15.9 Å². The molecule has 0 saturated carbocycles. The fraction of sp³-hybridized carbons (Fsp3) is 0.500. The molecule has 0 amide bonds. The third-order valence-corrected chi connectivity index (χ3v) is 4.49. The van der Waals surface area contributed by atoms with Crippen LogP contribution in [-0.4, -0.2) is 50.3 Å². The number of nitrogens with zero attached hydrogens (tertiary/aromatic N) is 3. The van der Waals surface area contributed by atoms with Crippen molar-refractivity contribution < 1.29 is 4.74 Å². The maximum Gasteiger partial charge on any atom is 0.101 e. The Bertz CT molecular complexity index is 528. The highest BCUT2D eigenvalue weighted by Gasteiger charge is 2.39. The zero-order valence-electron chi connectivity index (χ0n) is 10.8. The number of halogens is 1. The third kappa shape index (κ3) is 2.36. The van der Waals surface area contributed by atoms with Gasteiger partial charge in [-0.2, -0.15) is 5.26 Å². The van der Waals surface area contributed by atoms with Gasteiger partial charge in [-0.1, -0.05) is 15.9 Å². The highest BCUT2D eigenvalue weighted by Crippen LogP contribution is 2.30. The number of ether oxygens (including phenoxy) is 1. The highest BCUT2D eigenvalue weighted by molar-refractivity contribution is 9.10. The maximum atomic E-state index is 9.27. The van der Waals surface area contributed by atoms with E-state index in [9.17, 15) is 5.26 Å². The molecule has 19 heavy (non-hydrogen) atoms. The van der Waals surface area contributed by atoms with Crippen molar-refractivity contribution in [2.75, 3.05) is 38.2 Å². The lowest BCUT2D eigenvalue weighted by molar-refractivity contribution is -0.0362. The van der Waals surface area contributed by atoms with E-state index in [-0.39, 0.29) is 6.10 Å². The number of fused-ring (bicyclic) bond motifs is 1. The minimum Gasteiger partial charge on any atom is -0.373 e. The molecule has 0 aliphatic carbocycles. The zero-order chi connectivity index (χ0) is 13.4. The molecule has 2 aliphatic rings. The van der Waals surface area contributed by atoms with Gasteiger partial charge in [0.15, 0.2) is 0 Å². The van der Waals surface area contributed by atoms with Crippen molar-refractivity contribution in [1.29, 1.82) is 5.26 Å². The average Bonchev–Trinajstić information content (AvgIpc) is 2.83. The lowest BCUT2D eigenvalue weighted by Crippen LogP contribution is -2.48. The standard InChI is InChI=1S/C14H16BrN3O/c1-17-4-5-19-14-9-18(8-13(14)17)12-3-2-11(15)6-10(12)7-16/h2-3,6,13-14H,4-5,8-9H2,1H3/t13-,14-/m0/s1. The fourth-order valence-electron chi connectivity index (χ4n) is 2.93. The molecule has 0 aromatic heterocycles. The van der Waals surface area contributed by atoms with Crippen LogP contribution in [-0.2, 0) is 4.74 Å². The van der Waals surface area contributed by atoms with E-state index in [1.165, 1.54) is 0 Å². The van der Waals surface area contributed by atoms with Crippen LogP contribution in [0.15, 0.2) is 22.7 Å². The first-order valence-electron chi connectivity index (χ1n) is 6.45. The number of likely N-dealkylation sites (N-methyl/N-ethyl adjacent to an activating group) is 1. The van der Waals surface area contributed by atoms with Gasteiger partial charge in [-0.25, -0.2) is 0 Å². The summed E-state index contributed by atoms with van der Waals surface area (Å²) in [5, 5.41) is 9.27. The molecule has 0 radical (unpaired) electrons. The monoisotopic (exact) mass is 321 g/mol. The van der Waals surface area contributed by atoms with Crippen molar-refractivity contribution in [2.45, 2.75) is 12.1 Å². The fourth-order valence-corrected chi connectivity index (χ4v) is 3.29. The molecule has 2 saturated heterocycles. The Labute approximate surface area is 121 Å². The van der Waals surface area contributed by atoms with Crippen LogP contribution < -0.4 is 4.90 Å². The van der Waals surface area contributed by atoms with Crippen LogP contribution in [0.3, 0.4) is 0 Å². The molecule has 2 heterocycles. The molecule has 0 N–H and O–H groups in total. The van der Waals surface area contributed by atoms with Crippen molar-refractivity contribution in [2.24, 2.45) is 0 Å². The second-order valence-corrected chi connectivity index (χ2v) is 6.05. The van der Waals surface area contributed by atoms with Gasteiger partial charge in [-0.3, -0.25) is 4.90 Å². The van der Waals surface area contributed by atoms with E-state index < -0.39 is 0 Å². The van der Waals surface area contributed by atoms with Crippen molar-refractivity contribution in [3.8, 4) is 6.07 Å². The Morgan fingerprint density at radius 1 is 1.42 bits per heavy atom. The topological polar surface area (TPSA) is 39.5 Å². The summed E-state index contributed by atoms with van der Waals surface area (Å²) in [5.74, 6) is 0. The van der Waals surface area contributed by atoms with Crippen LogP contribution in [0.1, 0.15) is 5.56 Å². The first kappa shape index (κ1) is 12.9. The molecular formula is C14H16BrN3O. The predicted octanol–water partition coefficient (Wildman–Crippen LogP) is 1.84. The molecule has 2 fully saturated rings. The second kappa shape index (κ2) is 5.12. The Morgan fingerprint density at radius 3 is 3.00 bits per heavy atom. The molecule has 1 aromatic carbocycles. The highest BCUT2D eigenvalue weighted by atomic mass is 79.9. The van der Waals surface area contributed by atoms with E-state index in [0.29, 0.717) is 6.04 Å². The molecule has 2 aliphatic heterocycles. The number of hydrogen-bond donors (Lipinski definition) is 0. The van der Waals surface area contributed by atoms with E-state index in [0.717, 1.165) is 42.0 Å². The average molecular weight is 322 g/mol. The molecule has 2 atom stereocenters. The first-order chi connectivity index (χ1) is 9.19. The number of anilines is 1. The van der Waals surface area contributed by atoms with Gasteiger partial charge in [0.25, 0.3) is 0 Å². The number of nitriles is 1. The summed E-state index contributed by atoms with van der Waals surface area (Å²) in [5.41, 5.74) is 1.73. The largest absolute Gasteiger partial charge is 0.373 e. The van der Waals surface area contributed by atoms with Gasteiger partial charge in [-0.05, 0) is 25.2 Å². The van der Waals surface area contributed by atoms with Crippen molar-refractivity contribution in [1.82, 2.24) is 4.90 Å². The van der Waals surface area contributed by atoms with E-state index in [1.807, 2.05) is 18.2 Å². The molecule has 0 bridgehead atoms. The maximum absolute atomic E-state index is 9.27. The summed E-state index contributed by atoms with van der Waals surface area (Å²) in [7, 11) is 2.15. The second-order valence-electron chi connectivity index (χ2n) is 5.14. The first-order valence-corrected chi connectivity index (χ1v) is 7.25. The molecule has 0 spiro atoms. The molecule has 5 heteroatoms. The van der Waals surface area contributed by atoms with Gasteiger partial charge in [0, 0.05) is 24.1 Å². The van der Waals surface area contributed by atoms with Gasteiger partial charge in [0.1, 0.15) is 6.07 Å². The van der Waals surface area contributed by atoms with Crippen molar-refractivity contribution >= 4 is 21.6 Å². The Hall–Kier alpha value is -1.09. The molecule has 1 aromatic rings. The summed E-state index contributed by atoms with van der Waals surface area (Å²) in [4.78, 5) is 4.63. The molecule has 3 rings (SSSR count). The summed E-state index contributed by atoms with van der Waals surface area (Å²) < 4.78 is 6.79. The van der Waals surface area contributed by atoms with Crippen LogP contribution in [0.4, 0.5) is 5.69 Å². The molecule has 0 unspecified atom stereocenters. The van der Waals surface area contributed by atoms with Gasteiger partial charge in [-0.15, -0.1) is 0 Å². The number of morpholine rings is 1. The van der Waals surface area contributed by atoms with Gasteiger partial charge in [0.2, 0.25) is 0 Å². The van der Waals surface area contributed by atoms with Crippen LogP contribution in [0, 0.1) is 11.3 Å². The summed E-state index contributed by atoms with van der Waals surface area (Å²) in [6, 6.07) is 8.59. The number of rotatable bonds is 1. The van der Waals surface area contributed by atoms with Crippen molar-refractivity contribution in [3.05, 3.63) is 28.2 Å². The Morgan fingerprint density at radius 2 is 2.26 bits per heavy atom. The normalized spacial score (nSPS) is 27.1. The molecular weight excluding hydrogens is 306 g/mol. The van der Waals surface area contributed by atoms with Gasteiger partial charge < -0.3 is 9.64 Å². The minimum absolute atomic E-state index is 0.258. The lowest BCUT2D eigenvalue weighted by Gasteiger charge is -2.33. The molecule has 100 valence electrons. The zero-order valence-corrected chi connectivity index (χ0v) is 12.4. The Kier molecular flexibility index (Phi) is 3.48. The number of hydrogen-bond acceptors (Lipinski definition) is 4. The van der Waals surface area contributed by atoms with Gasteiger partial charge in [0.05, 0.1) is 30.0 Å². The summed E-state index contributed by atoms with van der Waals surface area (Å²) >= 11 is 3.41. The SMILES string of the molecule is CN1CCO[C@H]2CN(c3ccc(Br)cc3C#N)C[C@@H]21. The van der Waals surface area contributed by atoms with Crippen LogP contribution in [0.25, 0.3) is 0 Å². The third-order valence-electron chi connectivity index (χ3n) is 4.00. The van der Waals surface area contributed by atoms with Crippen molar-refractivity contribution in [3.63, 3.8) is 0 Å². The summed E-state index contributed by atoms with van der Waals surface area (Å²) in [6.45, 7) is 3.58.